The Labute approximate surface area is 160 Å². The maximum atomic E-state index is 12.2. The van der Waals surface area contributed by atoms with Crippen molar-refractivity contribution in [3.63, 3.8) is 0 Å². The standard InChI is InChI=1S/C14H16I3NO2/c15-10-4-5-11(16)13(17)12(10)14(19)20-9-8-18-6-2-1-3-7-18/h4-5H,1-3,6-9H2/p+1. The van der Waals surface area contributed by atoms with Crippen LogP contribution in [0.25, 0.3) is 0 Å². The van der Waals surface area contributed by atoms with Crippen LogP contribution < -0.4 is 4.90 Å². The van der Waals surface area contributed by atoms with E-state index < -0.39 is 0 Å². The molecule has 1 heterocycles. The van der Waals surface area contributed by atoms with Gasteiger partial charge in [0.2, 0.25) is 0 Å². The number of quaternary nitrogens is 1. The molecule has 1 aromatic rings. The molecule has 110 valence electrons. The fourth-order valence-electron chi connectivity index (χ4n) is 2.38. The number of halogens is 3. The van der Waals surface area contributed by atoms with Crippen LogP contribution in [0.3, 0.4) is 0 Å². The van der Waals surface area contributed by atoms with Gasteiger partial charge in [-0.25, -0.2) is 4.79 Å². The zero-order valence-electron chi connectivity index (χ0n) is 11.1. The Morgan fingerprint density at radius 3 is 2.45 bits per heavy atom. The van der Waals surface area contributed by atoms with Gasteiger partial charge < -0.3 is 9.64 Å². The number of hydrogen-bond acceptors (Lipinski definition) is 2. The zero-order chi connectivity index (χ0) is 14.5. The number of piperidine rings is 1. The molecule has 1 N–H and O–H groups in total. The number of carbonyl (C=O) groups is 1. The van der Waals surface area contributed by atoms with Gasteiger partial charge in [-0.3, -0.25) is 0 Å². The Hall–Kier alpha value is 0.840. The smallest absolute Gasteiger partial charge is 0.340 e. The number of rotatable bonds is 4. The van der Waals surface area contributed by atoms with Crippen LogP contribution in [0.4, 0.5) is 0 Å². The number of benzene rings is 1. The molecule has 0 aliphatic carbocycles. The number of likely N-dealkylation sites (tertiary alicyclic amines) is 1. The van der Waals surface area contributed by atoms with Crippen LogP contribution in [0.15, 0.2) is 12.1 Å². The maximum Gasteiger partial charge on any atom is 0.340 e. The van der Waals surface area contributed by atoms with Crippen molar-refractivity contribution in [1.29, 1.82) is 0 Å². The van der Waals surface area contributed by atoms with Gasteiger partial charge in [0.05, 0.1) is 18.7 Å². The van der Waals surface area contributed by atoms with Gasteiger partial charge in [0.25, 0.3) is 0 Å². The van der Waals surface area contributed by atoms with Gasteiger partial charge in [-0.1, -0.05) is 0 Å². The molecule has 3 nitrogen and oxygen atoms in total. The van der Waals surface area contributed by atoms with E-state index in [4.69, 9.17) is 4.74 Å². The summed E-state index contributed by atoms with van der Waals surface area (Å²) < 4.78 is 8.52. The van der Waals surface area contributed by atoms with Crippen LogP contribution in [-0.4, -0.2) is 32.2 Å². The molecule has 2 rings (SSSR count). The van der Waals surface area contributed by atoms with E-state index in [2.05, 4.69) is 67.8 Å². The van der Waals surface area contributed by atoms with E-state index in [1.54, 1.807) is 4.90 Å². The van der Waals surface area contributed by atoms with Gasteiger partial charge in [0, 0.05) is 10.7 Å². The van der Waals surface area contributed by atoms with Gasteiger partial charge in [0.1, 0.15) is 13.2 Å². The van der Waals surface area contributed by atoms with Gasteiger partial charge in [0.15, 0.2) is 0 Å². The minimum Gasteiger partial charge on any atom is -0.456 e. The molecule has 0 aromatic heterocycles. The molecule has 0 unspecified atom stereocenters. The highest BCUT2D eigenvalue weighted by atomic mass is 127. The summed E-state index contributed by atoms with van der Waals surface area (Å²) in [6.45, 7) is 3.89. The molecule has 1 aromatic carbocycles. The van der Waals surface area contributed by atoms with E-state index in [1.807, 2.05) is 12.1 Å². The Morgan fingerprint density at radius 1 is 1.10 bits per heavy atom. The molecule has 1 aliphatic rings. The lowest BCUT2D eigenvalue weighted by atomic mass is 10.1. The summed E-state index contributed by atoms with van der Waals surface area (Å²) in [5, 5.41) is 0. The van der Waals surface area contributed by atoms with Crippen LogP contribution in [0, 0.1) is 10.7 Å². The molecule has 20 heavy (non-hydrogen) atoms. The number of nitrogens with one attached hydrogen (secondary N) is 1. The lowest BCUT2D eigenvalue weighted by molar-refractivity contribution is -0.905. The monoisotopic (exact) mass is 612 g/mol. The van der Waals surface area contributed by atoms with E-state index >= 15 is 0 Å². The van der Waals surface area contributed by atoms with Gasteiger partial charge >= 0.3 is 5.97 Å². The summed E-state index contributed by atoms with van der Waals surface area (Å²) >= 11 is 6.67. The number of hydrogen-bond donors (Lipinski definition) is 1. The number of esters is 1. The lowest BCUT2D eigenvalue weighted by Crippen LogP contribution is -3.13. The van der Waals surface area contributed by atoms with Crippen molar-refractivity contribution >= 4 is 73.7 Å². The molecule has 0 atom stereocenters. The van der Waals surface area contributed by atoms with Crippen molar-refractivity contribution in [2.45, 2.75) is 19.3 Å². The third-order valence-electron chi connectivity index (χ3n) is 3.50. The zero-order valence-corrected chi connectivity index (χ0v) is 17.5. The average Bonchev–Trinajstić information content (AvgIpc) is 2.44. The summed E-state index contributed by atoms with van der Waals surface area (Å²) in [6.07, 6.45) is 3.95. The molecule has 1 aliphatic heterocycles. The topological polar surface area (TPSA) is 30.7 Å². The van der Waals surface area contributed by atoms with Gasteiger partial charge in [-0.05, 0) is 99.2 Å². The first kappa shape index (κ1) is 17.2. The summed E-state index contributed by atoms with van der Waals surface area (Å²) in [6, 6.07) is 4.00. The second kappa shape index (κ2) is 8.47. The molecule has 0 amide bonds. The first-order valence-electron chi connectivity index (χ1n) is 6.74. The molecule has 0 saturated carbocycles. The molecule has 0 spiro atoms. The third-order valence-corrected chi connectivity index (χ3v) is 7.45. The molecule has 0 radical (unpaired) electrons. The first-order chi connectivity index (χ1) is 9.59. The van der Waals surface area contributed by atoms with Crippen LogP contribution in [0.2, 0.25) is 0 Å². The summed E-state index contributed by atoms with van der Waals surface area (Å²) in [5.41, 5.74) is 0.715. The first-order valence-corrected chi connectivity index (χ1v) is 9.97. The highest BCUT2D eigenvalue weighted by Crippen LogP contribution is 2.24. The van der Waals surface area contributed by atoms with Gasteiger partial charge in [-0.15, -0.1) is 0 Å². The van der Waals surface area contributed by atoms with Crippen LogP contribution >= 0.6 is 67.8 Å². The van der Waals surface area contributed by atoms with Crippen molar-refractivity contribution in [2.24, 2.45) is 0 Å². The van der Waals surface area contributed by atoms with Crippen molar-refractivity contribution in [3.05, 3.63) is 28.4 Å². The summed E-state index contributed by atoms with van der Waals surface area (Å²) in [5.74, 6) is -0.186. The predicted molar refractivity (Wildman–Crippen MR) is 104 cm³/mol. The Morgan fingerprint density at radius 2 is 1.75 bits per heavy atom. The lowest BCUT2D eigenvalue weighted by Gasteiger charge is -2.23. The van der Waals surface area contributed by atoms with Crippen LogP contribution in [0.5, 0.6) is 0 Å². The highest BCUT2D eigenvalue weighted by molar-refractivity contribution is 14.1. The Balaban J connectivity index is 1.90. The van der Waals surface area contributed by atoms with Crippen molar-refractivity contribution in [1.82, 2.24) is 0 Å². The minimum absolute atomic E-state index is 0.186. The van der Waals surface area contributed by atoms with Crippen LogP contribution in [-0.2, 0) is 4.74 Å². The summed E-state index contributed by atoms with van der Waals surface area (Å²) in [4.78, 5) is 13.8. The third kappa shape index (κ3) is 4.67. The summed E-state index contributed by atoms with van der Waals surface area (Å²) in [7, 11) is 0. The van der Waals surface area contributed by atoms with E-state index in [9.17, 15) is 4.79 Å². The fraction of sp³-hybridized carbons (Fsp3) is 0.500. The number of ether oxygens (including phenoxy) is 1. The maximum absolute atomic E-state index is 12.2. The molecular weight excluding hydrogens is 595 g/mol. The second-order valence-electron chi connectivity index (χ2n) is 4.91. The normalized spacial score (nSPS) is 16.1. The van der Waals surface area contributed by atoms with E-state index in [-0.39, 0.29) is 5.97 Å². The highest BCUT2D eigenvalue weighted by Gasteiger charge is 2.19. The second-order valence-corrected chi connectivity index (χ2v) is 8.32. The van der Waals surface area contributed by atoms with E-state index in [1.165, 1.54) is 32.4 Å². The Bertz CT molecular complexity index is 488. The fourth-order valence-corrected chi connectivity index (χ4v) is 4.70. The van der Waals surface area contributed by atoms with E-state index in [0.717, 1.165) is 17.3 Å². The SMILES string of the molecule is O=C(OCC[NH+]1CCCCC1)c1c(I)ccc(I)c1I. The number of carbonyl (C=O) groups excluding carboxylic acids is 1. The predicted octanol–water partition coefficient (Wildman–Crippen LogP) is 2.73. The minimum atomic E-state index is -0.186. The molecule has 1 saturated heterocycles. The van der Waals surface area contributed by atoms with E-state index in [0.29, 0.717) is 12.2 Å². The molecule has 0 bridgehead atoms. The van der Waals surface area contributed by atoms with Gasteiger partial charge in [-0.2, -0.15) is 0 Å². The molecular formula is C14H17I3NO2+. The van der Waals surface area contributed by atoms with Crippen molar-refractivity contribution in [2.75, 3.05) is 26.2 Å². The molecule has 1 fully saturated rings. The largest absolute Gasteiger partial charge is 0.456 e. The molecule has 6 heteroatoms. The van der Waals surface area contributed by atoms with Crippen LogP contribution in [0.1, 0.15) is 29.6 Å². The quantitative estimate of drug-likeness (QED) is 0.323. The Kier molecular flexibility index (Phi) is 7.28. The average molecular weight is 612 g/mol. The van der Waals surface area contributed by atoms with Crippen molar-refractivity contribution < 1.29 is 14.4 Å². The van der Waals surface area contributed by atoms with Crippen molar-refractivity contribution in [3.8, 4) is 0 Å².